The molecule has 1 aliphatic heterocycles. The molecule has 17 heavy (non-hydrogen) atoms. The molecule has 1 saturated heterocycles. The first-order valence-corrected chi connectivity index (χ1v) is 6.46. The number of hydrogen-bond donors (Lipinski definition) is 1. The Morgan fingerprint density at radius 2 is 2.24 bits per heavy atom. The van der Waals surface area contributed by atoms with E-state index in [1.807, 2.05) is 12.1 Å². The van der Waals surface area contributed by atoms with E-state index in [0.717, 1.165) is 24.6 Å². The molecule has 94 valence electrons. The van der Waals surface area contributed by atoms with Crippen LogP contribution >= 0.6 is 11.6 Å². The number of halogens is 1. The van der Waals surface area contributed by atoms with Gasteiger partial charge in [-0.1, -0.05) is 17.7 Å². The zero-order valence-electron chi connectivity index (χ0n) is 10.7. The molecular formula is C14H20ClNO. The second-order valence-corrected chi connectivity index (χ2v) is 5.91. The van der Waals surface area contributed by atoms with Crippen LogP contribution in [0.4, 0.5) is 0 Å². The number of rotatable bonds is 2. The van der Waals surface area contributed by atoms with E-state index in [1.54, 1.807) is 0 Å². The van der Waals surface area contributed by atoms with Crippen LogP contribution in [-0.4, -0.2) is 24.8 Å². The second kappa shape index (κ2) is 4.97. The molecule has 2 rings (SSSR count). The molecule has 0 aliphatic carbocycles. The fourth-order valence-electron chi connectivity index (χ4n) is 2.06. The number of aryl methyl sites for hydroxylation is 1. The van der Waals surface area contributed by atoms with Gasteiger partial charge in [-0.2, -0.15) is 0 Å². The van der Waals surface area contributed by atoms with Gasteiger partial charge in [0, 0.05) is 23.5 Å². The minimum atomic E-state index is 0.0971. The molecular weight excluding hydrogens is 234 g/mol. The summed E-state index contributed by atoms with van der Waals surface area (Å²) in [7, 11) is 0. The van der Waals surface area contributed by atoms with Crippen LogP contribution in [0.5, 0.6) is 0 Å². The maximum atomic E-state index is 6.02. The molecule has 0 spiro atoms. The Bertz CT molecular complexity index is 393. The molecule has 0 saturated carbocycles. The number of hydrogen-bond acceptors (Lipinski definition) is 2. The Labute approximate surface area is 108 Å². The van der Waals surface area contributed by atoms with Gasteiger partial charge >= 0.3 is 0 Å². The topological polar surface area (TPSA) is 21.3 Å². The van der Waals surface area contributed by atoms with Gasteiger partial charge in [-0.05, 0) is 44.0 Å². The van der Waals surface area contributed by atoms with Crippen molar-refractivity contribution in [2.24, 2.45) is 0 Å². The minimum Gasteiger partial charge on any atom is -0.375 e. The molecule has 0 aromatic heterocycles. The normalized spacial score (nSPS) is 23.6. The summed E-state index contributed by atoms with van der Waals surface area (Å²) in [6, 6.07) is 6.04. The van der Waals surface area contributed by atoms with Crippen LogP contribution in [0.2, 0.25) is 5.02 Å². The molecule has 2 nitrogen and oxygen atoms in total. The van der Waals surface area contributed by atoms with E-state index in [1.165, 1.54) is 11.1 Å². The Hall–Kier alpha value is -0.570. The van der Waals surface area contributed by atoms with Crippen molar-refractivity contribution in [3.63, 3.8) is 0 Å². The van der Waals surface area contributed by atoms with Crippen LogP contribution in [0.3, 0.4) is 0 Å². The van der Waals surface area contributed by atoms with Crippen LogP contribution in [0.1, 0.15) is 25.0 Å². The van der Waals surface area contributed by atoms with E-state index < -0.39 is 0 Å². The Balaban J connectivity index is 2.00. The van der Waals surface area contributed by atoms with Gasteiger partial charge in [0.15, 0.2) is 0 Å². The maximum absolute atomic E-state index is 6.02. The smallest absolute Gasteiger partial charge is 0.0740 e. The van der Waals surface area contributed by atoms with Gasteiger partial charge < -0.3 is 10.1 Å². The minimum absolute atomic E-state index is 0.0971. The quantitative estimate of drug-likeness (QED) is 0.875. The van der Waals surface area contributed by atoms with Gasteiger partial charge in [0.1, 0.15) is 0 Å². The summed E-state index contributed by atoms with van der Waals surface area (Å²) in [5.74, 6) is 0. The average molecular weight is 254 g/mol. The van der Waals surface area contributed by atoms with Crippen molar-refractivity contribution >= 4 is 11.6 Å². The van der Waals surface area contributed by atoms with Gasteiger partial charge in [0.25, 0.3) is 0 Å². The Morgan fingerprint density at radius 3 is 2.88 bits per heavy atom. The van der Waals surface area contributed by atoms with Crippen LogP contribution in [0.15, 0.2) is 18.2 Å². The third kappa shape index (κ3) is 3.44. The predicted octanol–water partition coefficient (Wildman–Crippen LogP) is 2.96. The van der Waals surface area contributed by atoms with E-state index in [-0.39, 0.29) is 11.6 Å². The van der Waals surface area contributed by atoms with Gasteiger partial charge in [0.05, 0.1) is 12.7 Å². The fourth-order valence-corrected chi connectivity index (χ4v) is 2.26. The number of benzene rings is 1. The molecule has 1 N–H and O–H groups in total. The van der Waals surface area contributed by atoms with E-state index in [2.05, 4.69) is 32.2 Å². The van der Waals surface area contributed by atoms with Crippen LogP contribution in [0, 0.1) is 6.92 Å². The second-order valence-electron chi connectivity index (χ2n) is 5.47. The lowest BCUT2D eigenvalue weighted by molar-refractivity contribution is -0.0207. The monoisotopic (exact) mass is 253 g/mol. The highest BCUT2D eigenvalue weighted by Gasteiger charge is 2.26. The van der Waals surface area contributed by atoms with Crippen LogP contribution in [0.25, 0.3) is 0 Å². The molecule has 1 fully saturated rings. The summed E-state index contributed by atoms with van der Waals surface area (Å²) >= 11 is 6.02. The van der Waals surface area contributed by atoms with Crippen molar-refractivity contribution in [2.45, 2.75) is 38.8 Å². The summed E-state index contributed by atoms with van der Waals surface area (Å²) in [5, 5.41) is 4.31. The zero-order chi connectivity index (χ0) is 12.5. The van der Waals surface area contributed by atoms with E-state index >= 15 is 0 Å². The molecule has 3 heteroatoms. The van der Waals surface area contributed by atoms with Crippen LogP contribution < -0.4 is 5.32 Å². The predicted molar refractivity (Wildman–Crippen MR) is 71.7 cm³/mol. The first kappa shape index (κ1) is 12.9. The summed E-state index contributed by atoms with van der Waals surface area (Å²) < 4.78 is 5.89. The van der Waals surface area contributed by atoms with Gasteiger partial charge in [0.2, 0.25) is 0 Å². The van der Waals surface area contributed by atoms with Crippen molar-refractivity contribution in [1.29, 1.82) is 0 Å². The van der Waals surface area contributed by atoms with E-state index in [4.69, 9.17) is 16.3 Å². The number of ether oxygens (including phenoxy) is 1. The lowest BCUT2D eigenvalue weighted by Gasteiger charge is -2.36. The van der Waals surface area contributed by atoms with Crippen molar-refractivity contribution in [1.82, 2.24) is 5.32 Å². The molecule has 1 atom stereocenters. The lowest BCUT2D eigenvalue weighted by atomic mass is 9.99. The molecule has 1 aromatic rings. The summed E-state index contributed by atoms with van der Waals surface area (Å²) in [5.41, 5.74) is 2.66. The first-order valence-electron chi connectivity index (χ1n) is 6.08. The van der Waals surface area contributed by atoms with Crippen molar-refractivity contribution in [3.05, 3.63) is 34.3 Å². The Kier molecular flexibility index (Phi) is 3.76. The molecule has 0 bridgehead atoms. The van der Waals surface area contributed by atoms with Gasteiger partial charge in [-0.25, -0.2) is 0 Å². The largest absolute Gasteiger partial charge is 0.375 e. The first-order chi connectivity index (χ1) is 7.96. The molecule has 1 aromatic carbocycles. The summed E-state index contributed by atoms with van der Waals surface area (Å²) in [6.07, 6.45) is 1.18. The maximum Gasteiger partial charge on any atom is 0.0740 e. The number of nitrogens with one attached hydrogen (secondary N) is 1. The summed E-state index contributed by atoms with van der Waals surface area (Å²) in [4.78, 5) is 0. The SMILES string of the molecule is Cc1ccc(Cl)cc1CC1CNC(C)(C)CO1. The fraction of sp³-hybridized carbons (Fsp3) is 0.571. The highest BCUT2D eigenvalue weighted by molar-refractivity contribution is 6.30. The van der Waals surface area contributed by atoms with Crippen molar-refractivity contribution in [2.75, 3.05) is 13.2 Å². The molecule has 0 radical (unpaired) electrons. The molecule has 1 aliphatic rings. The number of morpholine rings is 1. The van der Waals surface area contributed by atoms with Crippen molar-refractivity contribution < 1.29 is 4.74 Å². The average Bonchev–Trinajstić information content (AvgIpc) is 2.26. The highest BCUT2D eigenvalue weighted by atomic mass is 35.5. The van der Waals surface area contributed by atoms with Gasteiger partial charge in [-0.15, -0.1) is 0 Å². The zero-order valence-corrected chi connectivity index (χ0v) is 11.5. The third-order valence-electron chi connectivity index (χ3n) is 3.25. The highest BCUT2D eigenvalue weighted by Crippen LogP contribution is 2.20. The molecule has 0 amide bonds. The van der Waals surface area contributed by atoms with Crippen molar-refractivity contribution in [3.8, 4) is 0 Å². The summed E-state index contributed by atoms with van der Waals surface area (Å²) in [6.45, 7) is 8.10. The van der Waals surface area contributed by atoms with E-state index in [0.29, 0.717) is 0 Å². The standard InChI is InChI=1S/C14H20ClNO/c1-10-4-5-12(15)6-11(10)7-13-8-16-14(2,3)9-17-13/h4-6,13,16H,7-9H2,1-3H3. The Morgan fingerprint density at radius 1 is 1.47 bits per heavy atom. The lowest BCUT2D eigenvalue weighted by Crippen LogP contribution is -2.53. The third-order valence-corrected chi connectivity index (χ3v) is 3.48. The van der Waals surface area contributed by atoms with E-state index in [9.17, 15) is 0 Å². The molecule has 1 unspecified atom stereocenters. The van der Waals surface area contributed by atoms with Crippen LogP contribution in [-0.2, 0) is 11.2 Å². The van der Waals surface area contributed by atoms with Gasteiger partial charge in [-0.3, -0.25) is 0 Å². The molecule has 1 heterocycles.